The first-order valence-corrected chi connectivity index (χ1v) is 9.58. The normalized spacial score (nSPS) is 17.1. The van der Waals surface area contributed by atoms with Gasteiger partial charge in [0.25, 0.3) is 5.91 Å². The van der Waals surface area contributed by atoms with Gasteiger partial charge in [0.1, 0.15) is 0 Å². The fourth-order valence-electron chi connectivity index (χ4n) is 2.68. The molecule has 0 unspecified atom stereocenters. The minimum Gasteiger partial charge on any atom is -0.268 e. The molecule has 4 rings (SSSR count). The summed E-state index contributed by atoms with van der Waals surface area (Å²) in [5.74, 6) is -0.0872. The lowest BCUT2D eigenvalue weighted by Crippen LogP contribution is -2.28. The predicted octanol–water partition coefficient (Wildman–Crippen LogP) is 6.15. The Hall–Kier alpha value is -2.82. The van der Waals surface area contributed by atoms with Crippen LogP contribution in [0.3, 0.4) is 0 Å². The second-order valence-electron chi connectivity index (χ2n) is 5.87. The summed E-state index contributed by atoms with van der Waals surface area (Å²) in [5, 5.41) is 1.30. The Labute approximate surface area is 167 Å². The number of amidine groups is 1. The average molecular weight is 391 g/mol. The van der Waals surface area contributed by atoms with Crippen molar-refractivity contribution in [2.75, 3.05) is 4.90 Å². The average Bonchev–Trinajstić information content (AvgIpc) is 3.00. The van der Waals surface area contributed by atoms with Gasteiger partial charge in [0.2, 0.25) is 0 Å². The topological polar surface area (TPSA) is 32.7 Å². The van der Waals surface area contributed by atoms with Crippen molar-refractivity contribution in [2.24, 2.45) is 4.99 Å². The number of para-hydroxylation sites is 2. The minimum absolute atomic E-state index is 0.0872. The van der Waals surface area contributed by atoms with Crippen LogP contribution in [0.5, 0.6) is 0 Å². The van der Waals surface area contributed by atoms with Gasteiger partial charge in [-0.3, -0.25) is 9.69 Å². The molecular weight excluding hydrogens is 376 g/mol. The third kappa shape index (κ3) is 3.97. The Balaban J connectivity index is 1.76. The van der Waals surface area contributed by atoms with E-state index in [9.17, 15) is 4.79 Å². The molecule has 5 heteroatoms. The van der Waals surface area contributed by atoms with Crippen LogP contribution in [-0.2, 0) is 4.79 Å². The van der Waals surface area contributed by atoms with Gasteiger partial charge in [0.15, 0.2) is 5.17 Å². The molecule has 27 heavy (non-hydrogen) atoms. The van der Waals surface area contributed by atoms with Gasteiger partial charge in [-0.25, -0.2) is 4.99 Å². The quantitative estimate of drug-likeness (QED) is 0.502. The minimum atomic E-state index is -0.0872. The maximum absolute atomic E-state index is 13.1. The van der Waals surface area contributed by atoms with Crippen LogP contribution in [0.15, 0.2) is 94.8 Å². The van der Waals surface area contributed by atoms with Crippen LogP contribution in [0.4, 0.5) is 11.4 Å². The van der Waals surface area contributed by atoms with Gasteiger partial charge in [0.05, 0.1) is 16.3 Å². The number of nitrogens with zero attached hydrogens (tertiary/aromatic N) is 2. The van der Waals surface area contributed by atoms with Crippen molar-refractivity contribution < 1.29 is 4.79 Å². The van der Waals surface area contributed by atoms with Crippen molar-refractivity contribution in [1.82, 2.24) is 0 Å². The fraction of sp³-hybridized carbons (Fsp3) is 0. The van der Waals surface area contributed by atoms with Crippen LogP contribution in [-0.4, -0.2) is 11.1 Å². The Kier molecular flexibility index (Phi) is 5.10. The van der Waals surface area contributed by atoms with Crippen molar-refractivity contribution in [3.05, 3.63) is 100 Å². The molecular formula is C22H15ClN2OS. The lowest BCUT2D eigenvalue weighted by Gasteiger charge is -2.15. The summed E-state index contributed by atoms with van der Waals surface area (Å²) < 4.78 is 0. The summed E-state index contributed by atoms with van der Waals surface area (Å²) in [6.45, 7) is 0. The van der Waals surface area contributed by atoms with E-state index in [4.69, 9.17) is 16.6 Å². The second kappa shape index (κ2) is 7.82. The third-order valence-corrected chi connectivity index (χ3v) is 5.19. The monoisotopic (exact) mass is 390 g/mol. The van der Waals surface area contributed by atoms with Crippen LogP contribution in [0.1, 0.15) is 5.56 Å². The molecule has 0 radical (unpaired) electrons. The van der Waals surface area contributed by atoms with Gasteiger partial charge in [-0.1, -0.05) is 60.1 Å². The highest BCUT2D eigenvalue weighted by Crippen LogP contribution is 2.37. The van der Waals surface area contributed by atoms with Crippen LogP contribution < -0.4 is 4.90 Å². The van der Waals surface area contributed by atoms with Crippen molar-refractivity contribution in [2.45, 2.75) is 0 Å². The maximum atomic E-state index is 13.1. The van der Waals surface area contributed by atoms with Gasteiger partial charge in [-0.05, 0) is 59.8 Å². The Morgan fingerprint density at radius 2 is 1.48 bits per heavy atom. The highest BCUT2D eigenvalue weighted by atomic mass is 35.5. The van der Waals surface area contributed by atoms with Gasteiger partial charge in [-0.2, -0.15) is 0 Å². The molecule has 3 aromatic rings. The second-order valence-corrected chi connectivity index (χ2v) is 7.31. The Morgan fingerprint density at radius 1 is 0.852 bits per heavy atom. The van der Waals surface area contributed by atoms with E-state index in [2.05, 4.69) is 0 Å². The van der Waals surface area contributed by atoms with Gasteiger partial charge in [-0.15, -0.1) is 0 Å². The van der Waals surface area contributed by atoms with E-state index in [1.165, 1.54) is 11.8 Å². The van der Waals surface area contributed by atoms with Crippen molar-refractivity contribution in [1.29, 1.82) is 0 Å². The van der Waals surface area contributed by atoms with Crippen LogP contribution >= 0.6 is 23.4 Å². The number of aliphatic imine (C=N–C) groups is 1. The van der Waals surface area contributed by atoms with Crippen LogP contribution in [0, 0.1) is 0 Å². The van der Waals surface area contributed by atoms with E-state index in [0.29, 0.717) is 15.1 Å². The summed E-state index contributed by atoms with van der Waals surface area (Å²) >= 11 is 7.32. The number of anilines is 1. The first-order valence-electron chi connectivity index (χ1n) is 8.39. The van der Waals surface area contributed by atoms with Crippen molar-refractivity contribution in [3.63, 3.8) is 0 Å². The van der Waals surface area contributed by atoms with E-state index in [1.54, 1.807) is 4.90 Å². The van der Waals surface area contributed by atoms with Crippen molar-refractivity contribution >= 4 is 51.9 Å². The van der Waals surface area contributed by atoms with E-state index >= 15 is 0 Å². The summed E-state index contributed by atoms with van der Waals surface area (Å²) in [5.41, 5.74) is 2.52. The lowest BCUT2D eigenvalue weighted by molar-refractivity contribution is -0.113. The van der Waals surface area contributed by atoms with Gasteiger partial charge in [0, 0.05) is 5.02 Å². The third-order valence-electron chi connectivity index (χ3n) is 3.97. The van der Waals surface area contributed by atoms with Gasteiger partial charge < -0.3 is 0 Å². The van der Waals surface area contributed by atoms with Crippen LogP contribution in [0.25, 0.3) is 6.08 Å². The zero-order valence-electron chi connectivity index (χ0n) is 14.2. The summed E-state index contributed by atoms with van der Waals surface area (Å²) in [4.78, 5) is 20.1. The SMILES string of the molecule is O=C1C(=Cc2ccc(Cl)cc2)SC(=Nc2ccccc2)N1c1ccccc1. The van der Waals surface area contributed by atoms with E-state index in [-0.39, 0.29) is 5.91 Å². The molecule has 3 aromatic carbocycles. The molecule has 0 aliphatic carbocycles. The summed E-state index contributed by atoms with van der Waals surface area (Å²) in [6.07, 6.45) is 1.87. The first kappa shape index (κ1) is 17.6. The molecule has 1 aliphatic heterocycles. The fourth-order valence-corrected chi connectivity index (χ4v) is 3.80. The molecule has 132 valence electrons. The van der Waals surface area contributed by atoms with Gasteiger partial charge >= 0.3 is 0 Å². The molecule has 0 atom stereocenters. The number of rotatable bonds is 3. The molecule has 3 nitrogen and oxygen atoms in total. The Morgan fingerprint density at radius 3 is 2.15 bits per heavy atom. The van der Waals surface area contributed by atoms with Crippen LogP contribution in [0.2, 0.25) is 5.02 Å². The molecule has 1 amide bonds. The standard InChI is InChI=1S/C22H15ClN2OS/c23-17-13-11-16(12-14-17)15-20-21(26)25(19-9-5-2-6-10-19)22(27-20)24-18-7-3-1-4-8-18/h1-15H. The molecule has 0 spiro atoms. The molecule has 1 fully saturated rings. The number of carbonyl (C=O) groups excluding carboxylic acids is 1. The molecule has 1 saturated heterocycles. The molecule has 0 saturated carbocycles. The van der Waals surface area contributed by atoms with Crippen molar-refractivity contribution in [3.8, 4) is 0 Å². The molecule has 1 heterocycles. The maximum Gasteiger partial charge on any atom is 0.271 e. The number of hydrogen-bond acceptors (Lipinski definition) is 3. The lowest BCUT2D eigenvalue weighted by atomic mass is 10.2. The number of halogens is 1. The number of hydrogen-bond donors (Lipinski definition) is 0. The molecule has 0 N–H and O–H groups in total. The summed E-state index contributed by atoms with van der Waals surface area (Å²) in [6, 6.07) is 26.6. The summed E-state index contributed by atoms with van der Waals surface area (Å²) in [7, 11) is 0. The number of amides is 1. The number of benzene rings is 3. The highest BCUT2D eigenvalue weighted by Gasteiger charge is 2.34. The smallest absolute Gasteiger partial charge is 0.268 e. The first-order chi connectivity index (χ1) is 13.2. The predicted molar refractivity (Wildman–Crippen MR) is 114 cm³/mol. The number of carbonyl (C=O) groups is 1. The number of thioether (sulfide) groups is 1. The highest BCUT2D eigenvalue weighted by molar-refractivity contribution is 8.19. The molecule has 0 bridgehead atoms. The Bertz CT molecular complexity index is 1020. The zero-order chi connectivity index (χ0) is 18.6. The molecule has 1 aliphatic rings. The largest absolute Gasteiger partial charge is 0.271 e. The van der Waals surface area contributed by atoms with E-state index < -0.39 is 0 Å². The molecule has 0 aromatic heterocycles. The van der Waals surface area contributed by atoms with E-state index in [0.717, 1.165) is 16.9 Å². The zero-order valence-corrected chi connectivity index (χ0v) is 15.8. The van der Waals surface area contributed by atoms with E-state index in [1.807, 2.05) is 91.0 Å².